The van der Waals surface area contributed by atoms with E-state index in [1.807, 2.05) is 31.2 Å². The SMILES string of the molecule is COc1ccc(Cl)cc1N(CC(=O)NC(C)COc1ccccc1C)S(=O)(=O)c1ccccc1. The Kier molecular flexibility index (Phi) is 8.41. The minimum Gasteiger partial charge on any atom is -0.495 e. The van der Waals surface area contributed by atoms with Crippen molar-refractivity contribution < 1.29 is 22.7 Å². The maximum atomic E-state index is 13.5. The van der Waals surface area contributed by atoms with E-state index in [2.05, 4.69) is 5.32 Å². The molecule has 1 atom stereocenters. The molecule has 34 heavy (non-hydrogen) atoms. The van der Waals surface area contributed by atoms with Crippen molar-refractivity contribution in [2.24, 2.45) is 0 Å². The fourth-order valence-electron chi connectivity index (χ4n) is 3.30. The molecule has 1 N–H and O–H groups in total. The van der Waals surface area contributed by atoms with E-state index in [4.69, 9.17) is 21.1 Å². The van der Waals surface area contributed by atoms with Crippen LogP contribution in [0.2, 0.25) is 5.02 Å². The summed E-state index contributed by atoms with van der Waals surface area (Å²) in [6, 6.07) is 19.7. The molecule has 1 amide bonds. The van der Waals surface area contributed by atoms with Crippen molar-refractivity contribution in [1.29, 1.82) is 0 Å². The average Bonchev–Trinajstić information content (AvgIpc) is 2.82. The third kappa shape index (κ3) is 6.21. The average molecular weight is 503 g/mol. The molecule has 3 aromatic carbocycles. The molecule has 0 saturated carbocycles. The lowest BCUT2D eigenvalue weighted by Crippen LogP contribution is -2.45. The van der Waals surface area contributed by atoms with Crippen molar-refractivity contribution >= 4 is 33.2 Å². The van der Waals surface area contributed by atoms with Gasteiger partial charge in [0.15, 0.2) is 0 Å². The Hall–Kier alpha value is -3.23. The summed E-state index contributed by atoms with van der Waals surface area (Å²) < 4.78 is 39.2. The Morgan fingerprint density at radius 3 is 2.38 bits per heavy atom. The highest BCUT2D eigenvalue weighted by Crippen LogP contribution is 2.34. The fourth-order valence-corrected chi connectivity index (χ4v) is 4.91. The number of hydrogen-bond donors (Lipinski definition) is 1. The van der Waals surface area contributed by atoms with Crippen LogP contribution in [0.25, 0.3) is 0 Å². The molecule has 3 rings (SSSR count). The summed E-state index contributed by atoms with van der Waals surface area (Å²) in [7, 11) is -2.67. The molecule has 0 fully saturated rings. The minimum absolute atomic E-state index is 0.0424. The molecule has 1 unspecified atom stereocenters. The van der Waals surface area contributed by atoms with Crippen LogP contribution in [0.3, 0.4) is 0 Å². The van der Waals surface area contributed by atoms with Crippen molar-refractivity contribution in [3.63, 3.8) is 0 Å². The van der Waals surface area contributed by atoms with Gasteiger partial charge < -0.3 is 14.8 Å². The monoisotopic (exact) mass is 502 g/mol. The number of para-hydroxylation sites is 1. The number of carbonyl (C=O) groups is 1. The van der Waals surface area contributed by atoms with Crippen molar-refractivity contribution in [3.05, 3.63) is 83.4 Å². The highest BCUT2D eigenvalue weighted by Gasteiger charge is 2.30. The topological polar surface area (TPSA) is 84.9 Å². The number of amides is 1. The molecule has 0 spiro atoms. The summed E-state index contributed by atoms with van der Waals surface area (Å²) in [5.41, 5.74) is 1.15. The van der Waals surface area contributed by atoms with E-state index in [0.29, 0.717) is 5.02 Å². The van der Waals surface area contributed by atoms with Gasteiger partial charge in [0.05, 0.1) is 23.7 Å². The molecule has 0 saturated heterocycles. The largest absolute Gasteiger partial charge is 0.495 e. The standard InChI is InChI=1S/C25H27ClN2O5S/c1-18-9-7-8-12-23(18)33-17-19(2)27-25(29)16-28(22-15-20(26)13-14-24(22)32-3)34(30,31)21-10-5-4-6-11-21/h4-15,19H,16-17H2,1-3H3,(H,27,29). The zero-order valence-corrected chi connectivity index (χ0v) is 20.8. The number of anilines is 1. The summed E-state index contributed by atoms with van der Waals surface area (Å²) >= 11 is 6.15. The molecule has 0 aliphatic carbocycles. The van der Waals surface area contributed by atoms with Crippen LogP contribution in [0.1, 0.15) is 12.5 Å². The van der Waals surface area contributed by atoms with E-state index in [1.54, 1.807) is 37.3 Å². The Bertz CT molecular complexity index is 1240. The smallest absolute Gasteiger partial charge is 0.264 e. The van der Waals surface area contributed by atoms with Gasteiger partial charge in [0, 0.05) is 5.02 Å². The molecule has 180 valence electrons. The van der Waals surface area contributed by atoms with Crippen LogP contribution in [0, 0.1) is 6.92 Å². The lowest BCUT2D eigenvalue weighted by molar-refractivity contribution is -0.120. The highest BCUT2D eigenvalue weighted by molar-refractivity contribution is 7.92. The Balaban J connectivity index is 1.82. The van der Waals surface area contributed by atoms with Gasteiger partial charge in [-0.05, 0) is 55.8 Å². The summed E-state index contributed by atoms with van der Waals surface area (Å²) in [5.74, 6) is 0.496. The zero-order chi connectivity index (χ0) is 24.7. The van der Waals surface area contributed by atoms with Gasteiger partial charge >= 0.3 is 0 Å². The summed E-state index contributed by atoms with van der Waals surface area (Å²) in [6.07, 6.45) is 0. The molecule has 7 nitrogen and oxygen atoms in total. The predicted octanol–water partition coefficient (Wildman–Crippen LogP) is 4.44. The van der Waals surface area contributed by atoms with E-state index in [0.717, 1.165) is 15.6 Å². The number of hydrogen-bond acceptors (Lipinski definition) is 5. The summed E-state index contributed by atoms with van der Waals surface area (Å²) in [5, 5.41) is 3.11. The normalized spacial score (nSPS) is 12.0. The zero-order valence-electron chi connectivity index (χ0n) is 19.2. The van der Waals surface area contributed by atoms with E-state index < -0.39 is 22.5 Å². The molecule has 0 bridgehead atoms. The van der Waals surface area contributed by atoms with Gasteiger partial charge in [0.2, 0.25) is 5.91 Å². The first-order chi connectivity index (χ1) is 16.2. The maximum Gasteiger partial charge on any atom is 0.264 e. The minimum atomic E-state index is -4.09. The van der Waals surface area contributed by atoms with E-state index in [9.17, 15) is 13.2 Å². The quantitative estimate of drug-likeness (QED) is 0.443. The maximum absolute atomic E-state index is 13.5. The number of rotatable bonds is 10. The van der Waals surface area contributed by atoms with Gasteiger partial charge in [0.1, 0.15) is 24.7 Å². The van der Waals surface area contributed by atoms with Crippen molar-refractivity contribution in [1.82, 2.24) is 5.32 Å². The first-order valence-electron chi connectivity index (χ1n) is 10.6. The number of halogens is 1. The number of sulfonamides is 1. The van der Waals surface area contributed by atoms with E-state index in [-0.39, 0.29) is 29.0 Å². The highest BCUT2D eigenvalue weighted by atomic mass is 35.5. The number of nitrogens with zero attached hydrogens (tertiary/aromatic N) is 1. The molecule has 0 radical (unpaired) electrons. The second kappa shape index (κ2) is 11.3. The molecule has 0 aromatic heterocycles. The van der Waals surface area contributed by atoms with Gasteiger partial charge in [-0.2, -0.15) is 0 Å². The number of benzene rings is 3. The van der Waals surface area contributed by atoms with E-state index >= 15 is 0 Å². The van der Waals surface area contributed by atoms with Gasteiger partial charge in [0.25, 0.3) is 10.0 Å². The number of carbonyl (C=O) groups excluding carboxylic acids is 1. The van der Waals surface area contributed by atoms with Crippen molar-refractivity contribution in [2.45, 2.75) is 24.8 Å². The molecule has 3 aromatic rings. The van der Waals surface area contributed by atoms with Gasteiger partial charge in [-0.15, -0.1) is 0 Å². The van der Waals surface area contributed by atoms with Gasteiger partial charge in [-0.1, -0.05) is 48.0 Å². The molecule has 9 heteroatoms. The first-order valence-corrected chi connectivity index (χ1v) is 12.4. The second-order valence-corrected chi connectivity index (χ2v) is 9.98. The fraction of sp³-hybridized carbons (Fsp3) is 0.240. The third-order valence-corrected chi connectivity index (χ3v) is 7.03. The number of methoxy groups -OCH3 is 1. The molecular formula is C25H27ClN2O5S. The van der Waals surface area contributed by atoms with E-state index in [1.165, 1.54) is 25.3 Å². The molecule has 0 heterocycles. The Morgan fingerprint density at radius 2 is 1.71 bits per heavy atom. The number of ether oxygens (including phenoxy) is 2. The predicted molar refractivity (Wildman–Crippen MR) is 133 cm³/mol. The van der Waals surface area contributed by atoms with Crippen LogP contribution < -0.4 is 19.1 Å². The van der Waals surface area contributed by atoms with Gasteiger partial charge in [-0.3, -0.25) is 9.10 Å². The van der Waals surface area contributed by atoms with Crippen LogP contribution in [-0.4, -0.2) is 40.6 Å². The molecular weight excluding hydrogens is 476 g/mol. The van der Waals surface area contributed by atoms with Gasteiger partial charge in [-0.25, -0.2) is 8.42 Å². The lowest BCUT2D eigenvalue weighted by Gasteiger charge is -2.26. The van der Waals surface area contributed by atoms with Crippen LogP contribution >= 0.6 is 11.6 Å². The first kappa shape index (κ1) is 25.4. The number of nitrogens with one attached hydrogen (secondary N) is 1. The van der Waals surface area contributed by atoms with Crippen molar-refractivity contribution in [3.8, 4) is 11.5 Å². The molecule has 0 aliphatic rings. The van der Waals surface area contributed by atoms with Crippen LogP contribution in [0.5, 0.6) is 11.5 Å². The third-order valence-electron chi connectivity index (χ3n) is 5.02. The Labute approximate surface area is 205 Å². The second-order valence-electron chi connectivity index (χ2n) is 7.69. The van der Waals surface area contributed by atoms with Crippen LogP contribution in [0.15, 0.2) is 77.7 Å². The van der Waals surface area contributed by atoms with Crippen LogP contribution in [0.4, 0.5) is 5.69 Å². The van der Waals surface area contributed by atoms with Crippen LogP contribution in [-0.2, 0) is 14.8 Å². The number of aryl methyl sites for hydroxylation is 1. The Morgan fingerprint density at radius 1 is 1.03 bits per heavy atom. The summed E-state index contributed by atoms with van der Waals surface area (Å²) in [4.78, 5) is 13.0. The lowest BCUT2D eigenvalue weighted by atomic mass is 10.2. The molecule has 0 aliphatic heterocycles. The summed E-state index contributed by atoms with van der Waals surface area (Å²) in [6.45, 7) is 3.47. The van der Waals surface area contributed by atoms with Crippen molar-refractivity contribution in [2.75, 3.05) is 24.6 Å².